The third-order valence-corrected chi connectivity index (χ3v) is 3.33. The molecule has 7 heteroatoms. The lowest BCUT2D eigenvalue weighted by atomic mass is 10.2. The first-order chi connectivity index (χ1) is 8.47. The van der Waals surface area contributed by atoms with Gasteiger partial charge in [-0.2, -0.15) is 16.9 Å². The Morgan fingerprint density at radius 1 is 1.50 bits per heavy atom. The average Bonchev–Trinajstić information content (AvgIpc) is 2.65. The molecule has 0 saturated carbocycles. The zero-order chi connectivity index (χ0) is 13.7. The van der Waals surface area contributed by atoms with Crippen LogP contribution in [0.1, 0.15) is 28.2 Å². The molecule has 0 spiro atoms. The Kier molecular flexibility index (Phi) is 5.21. The summed E-state index contributed by atoms with van der Waals surface area (Å²) in [6.45, 7) is 3.58. The van der Waals surface area contributed by atoms with Gasteiger partial charge in [0.15, 0.2) is 5.69 Å². The Balaban J connectivity index is 2.72. The predicted octanol–water partition coefficient (Wildman–Crippen LogP) is 0.963. The molecule has 0 aliphatic rings. The highest BCUT2D eigenvalue weighted by Crippen LogP contribution is 2.09. The third kappa shape index (κ3) is 3.49. The Morgan fingerprint density at radius 3 is 2.61 bits per heavy atom. The second-order valence-corrected chi connectivity index (χ2v) is 4.95. The zero-order valence-electron chi connectivity index (χ0n) is 10.6. The molecular weight excluding hydrogens is 254 g/mol. The van der Waals surface area contributed by atoms with Gasteiger partial charge in [0.2, 0.25) is 0 Å². The average molecular weight is 271 g/mol. The lowest BCUT2D eigenvalue weighted by Gasteiger charge is -2.13. The first-order valence-electron chi connectivity index (χ1n) is 5.51. The second-order valence-electron chi connectivity index (χ2n) is 3.97. The van der Waals surface area contributed by atoms with Gasteiger partial charge in [-0.15, -0.1) is 0 Å². The van der Waals surface area contributed by atoms with Crippen LogP contribution in [0.25, 0.3) is 0 Å². The standard InChI is InChI=1S/C11H17N3O3S/c1-6-7(2)13-14-9(6)10(15)12-8(11(16)17)4-5-18-3/h8H,4-5H2,1-3H3,(H,12,15)(H,13,14)(H,16,17)/t8-/m0/s1. The number of aromatic amines is 1. The lowest BCUT2D eigenvalue weighted by Crippen LogP contribution is -2.41. The van der Waals surface area contributed by atoms with Gasteiger partial charge in [0, 0.05) is 11.3 Å². The van der Waals surface area contributed by atoms with E-state index in [0.717, 1.165) is 11.3 Å². The van der Waals surface area contributed by atoms with Crippen molar-refractivity contribution in [1.29, 1.82) is 0 Å². The van der Waals surface area contributed by atoms with Crippen molar-refractivity contribution >= 4 is 23.6 Å². The van der Waals surface area contributed by atoms with Gasteiger partial charge in [0.25, 0.3) is 5.91 Å². The number of hydrogen-bond acceptors (Lipinski definition) is 4. The van der Waals surface area contributed by atoms with Gasteiger partial charge in [-0.1, -0.05) is 0 Å². The number of rotatable bonds is 6. The monoisotopic (exact) mass is 271 g/mol. The minimum atomic E-state index is -1.03. The molecule has 1 atom stereocenters. The number of thioether (sulfide) groups is 1. The molecule has 0 unspecified atom stereocenters. The van der Waals surface area contributed by atoms with Gasteiger partial charge in [0.05, 0.1) is 0 Å². The number of carboxylic acids is 1. The predicted molar refractivity (Wildman–Crippen MR) is 70.0 cm³/mol. The van der Waals surface area contributed by atoms with Crippen molar-refractivity contribution < 1.29 is 14.7 Å². The smallest absolute Gasteiger partial charge is 0.326 e. The number of aliphatic carboxylic acids is 1. The van der Waals surface area contributed by atoms with Crippen molar-refractivity contribution in [2.75, 3.05) is 12.0 Å². The summed E-state index contributed by atoms with van der Waals surface area (Å²) in [6.07, 6.45) is 2.28. The van der Waals surface area contributed by atoms with E-state index >= 15 is 0 Å². The number of aryl methyl sites for hydroxylation is 1. The van der Waals surface area contributed by atoms with Gasteiger partial charge in [-0.3, -0.25) is 9.89 Å². The summed E-state index contributed by atoms with van der Waals surface area (Å²) in [7, 11) is 0. The number of carbonyl (C=O) groups is 2. The molecule has 6 nitrogen and oxygen atoms in total. The van der Waals surface area contributed by atoms with Crippen LogP contribution in [-0.2, 0) is 4.79 Å². The molecule has 0 bridgehead atoms. The number of nitrogens with one attached hydrogen (secondary N) is 2. The van der Waals surface area contributed by atoms with Crippen molar-refractivity contribution in [3.8, 4) is 0 Å². The van der Waals surface area contributed by atoms with E-state index in [1.165, 1.54) is 0 Å². The van der Waals surface area contributed by atoms with Crippen LogP contribution in [0.3, 0.4) is 0 Å². The summed E-state index contributed by atoms with van der Waals surface area (Å²) in [5.74, 6) is -0.803. The number of carboxylic acid groups (broad SMARTS) is 1. The molecule has 0 saturated heterocycles. The van der Waals surface area contributed by atoms with E-state index in [4.69, 9.17) is 5.11 Å². The highest BCUT2D eigenvalue weighted by Gasteiger charge is 2.22. The summed E-state index contributed by atoms with van der Waals surface area (Å²) in [5, 5.41) is 18.1. The van der Waals surface area contributed by atoms with Gasteiger partial charge < -0.3 is 10.4 Å². The van der Waals surface area contributed by atoms with Crippen molar-refractivity contribution in [2.45, 2.75) is 26.3 Å². The first-order valence-corrected chi connectivity index (χ1v) is 6.91. The summed E-state index contributed by atoms with van der Waals surface area (Å²) in [6, 6.07) is -0.874. The highest BCUT2D eigenvalue weighted by molar-refractivity contribution is 7.98. The molecule has 1 aromatic rings. The molecule has 18 heavy (non-hydrogen) atoms. The number of hydrogen-bond donors (Lipinski definition) is 3. The summed E-state index contributed by atoms with van der Waals surface area (Å²) >= 11 is 1.54. The Bertz CT molecular complexity index is 445. The fraction of sp³-hybridized carbons (Fsp3) is 0.545. The van der Waals surface area contributed by atoms with Gasteiger partial charge in [0.1, 0.15) is 6.04 Å². The fourth-order valence-electron chi connectivity index (χ4n) is 1.43. The molecule has 3 N–H and O–H groups in total. The molecule has 0 aliphatic carbocycles. The number of amides is 1. The molecule has 0 aromatic carbocycles. The van der Waals surface area contributed by atoms with Crippen molar-refractivity contribution in [3.05, 3.63) is 17.0 Å². The summed E-state index contributed by atoms with van der Waals surface area (Å²) in [4.78, 5) is 22.9. The molecule has 1 heterocycles. The van der Waals surface area contributed by atoms with E-state index in [0.29, 0.717) is 12.2 Å². The lowest BCUT2D eigenvalue weighted by molar-refractivity contribution is -0.139. The van der Waals surface area contributed by atoms with Crippen LogP contribution in [0.4, 0.5) is 0 Å². The van der Waals surface area contributed by atoms with Crippen LogP contribution < -0.4 is 5.32 Å². The quantitative estimate of drug-likeness (QED) is 0.716. The highest BCUT2D eigenvalue weighted by atomic mass is 32.2. The van der Waals surface area contributed by atoms with Gasteiger partial charge >= 0.3 is 5.97 Å². The van der Waals surface area contributed by atoms with E-state index in [1.807, 2.05) is 13.2 Å². The van der Waals surface area contributed by atoms with Crippen LogP contribution in [-0.4, -0.2) is 45.2 Å². The maximum atomic E-state index is 11.9. The van der Waals surface area contributed by atoms with E-state index in [2.05, 4.69) is 15.5 Å². The van der Waals surface area contributed by atoms with Crippen LogP contribution >= 0.6 is 11.8 Å². The molecular formula is C11H17N3O3S. The molecule has 0 aliphatic heterocycles. The minimum Gasteiger partial charge on any atom is -0.480 e. The Labute approximate surface area is 110 Å². The van der Waals surface area contributed by atoms with E-state index in [-0.39, 0.29) is 5.69 Å². The van der Waals surface area contributed by atoms with Crippen LogP contribution in [0.5, 0.6) is 0 Å². The minimum absolute atomic E-state index is 0.253. The topological polar surface area (TPSA) is 95.1 Å². The molecule has 1 amide bonds. The van der Waals surface area contributed by atoms with Gasteiger partial charge in [-0.05, 0) is 32.3 Å². The maximum absolute atomic E-state index is 11.9. The summed E-state index contributed by atoms with van der Waals surface area (Å²) < 4.78 is 0. The number of H-pyrrole nitrogens is 1. The first kappa shape index (κ1) is 14.6. The number of aromatic nitrogens is 2. The largest absolute Gasteiger partial charge is 0.480 e. The zero-order valence-corrected chi connectivity index (χ0v) is 11.4. The molecule has 1 aromatic heterocycles. The van der Waals surface area contributed by atoms with Crippen LogP contribution in [0.15, 0.2) is 0 Å². The SMILES string of the molecule is CSCC[C@H](NC(=O)c1n[nH]c(C)c1C)C(=O)O. The van der Waals surface area contributed by atoms with Crippen LogP contribution in [0.2, 0.25) is 0 Å². The normalized spacial score (nSPS) is 12.2. The van der Waals surface area contributed by atoms with Gasteiger partial charge in [-0.25, -0.2) is 4.79 Å². The van der Waals surface area contributed by atoms with Crippen molar-refractivity contribution in [3.63, 3.8) is 0 Å². The fourth-order valence-corrected chi connectivity index (χ4v) is 1.90. The third-order valence-electron chi connectivity index (χ3n) is 2.68. The van der Waals surface area contributed by atoms with E-state index < -0.39 is 17.9 Å². The van der Waals surface area contributed by atoms with E-state index in [1.54, 1.807) is 18.7 Å². The Hall–Kier alpha value is -1.50. The molecule has 0 radical (unpaired) electrons. The molecule has 100 valence electrons. The van der Waals surface area contributed by atoms with E-state index in [9.17, 15) is 9.59 Å². The van der Waals surface area contributed by atoms with Crippen molar-refractivity contribution in [2.24, 2.45) is 0 Å². The number of carbonyl (C=O) groups excluding carboxylic acids is 1. The maximum Gasteiger partial charge on any atom is 0.326 e. The molecule has 0 fully saturated rings. The summed E-state index contributed by atoms with van der Waals surface area (Å²) in [5.41, 5.74) is 1.79. The van der Waals surface area contributed by atoms with Crippen molar-refractivity contribution in [1.82, 2.24) is 15.5 Å². The number of nitrogens with zero attached hydrogens (tertiary/aromatic N) is 1. The second kappa shape index (κ2) is 6.44. The molecule has 1 rings (SSSR count). The van der Waals surface area contributed by atoms with Crippen LogP contribution in [0, 0.1) is 13.8 Å². The Morgan fingerprint density at radius 2 is 2.17 bits per heavy atom.